The van der Waals surface area contributed by atoms with Crippen molar-refractivity contribution in [2.75, 3.05) is 19.6 Å². The molecule has 0 aromatic carbocycles. The number of imide groups is 1. The van der Waals surface area contributed by atoms with Crippen LogP contribution in [0.2, 0.25) is 0 Å². The number of amides is 2. The number of nitrogens with zero attached hydrogens (tertiary/aromatic N) is 1. The lowest BCUT2D eigenvalue weighted by Crippen LogP contribution is -2.32. The fraction of sp³-hybridized carbons (Fsp3) is 0.667. The maximum Gasteiger partial charge on any atom is 0.232 e. The first-order chi connectivity index (χ1) is 7.68. The third kappa shape index (κ3) is 2.32. The molecule has 0 radical (unpaired) electrons. The van der Waals surface area contributed by atoms with E-state index in [1.54, 1.807) is 0 Å². The van der Waals surface area contributed by atoms with Crippen LogP contribution in [0.15, 0.2) is 11.6 Å². The molecule has 2 heterocycles. The number of rotatable bonds is 3. The number of hydrogen-bond donors (Lipinski definition) is 1. The van der Waals surface area contributed by atoms with Crippen LogP contribution in [0, 0.1) is 5.92 Å². The first kappa shape index (κ1) is 11.3. The molecule has 1 atom stereocenters. The summed E-state index contributed by atoms with van der Waals surface area (Å²) in [5.41, 5.74) is 1.36. The summed E-state index contributed by atoms with van der Waals surface area (Å²) in [6.07, 6.45) is 4.43. The van der Waals surface area contributed by atoms with Crippen LogP contribution in [0.25, 0.3) is 0 Å². The Labute approximate surface area is 95.7 Å². The zero-order valence-electron chi connectivity index (χ0n) is 9.66. The van der Waals surface area contributed by atoms with E-state index in [0.717, 1.165) is 25.9 Å². The molecule has 16 heavy (non-hydrogen) atoms. The quantitative estimate of drug-likeness (QED) is 0.564. The van der Waals surface area contributed by atoms with Crippen molar-refractivity contribution in [3.63, 3.8) is 0 Å². The number of likely N-dealkylation sites (tertiary alicyclic amines) is 1. The minimum atomic E-state index is -0.116. The molecule has 1 fully saturated rings. The Morgan fingerprint density at radius 2 is 2.31 bits per heavy atom. The van der Waals surface area contributed by atoms with Gasteiger partial charge in [-0.3, -0.25) is 14.5 Å². The van der Waals surface area contributed by atoms with Gasteiger partial charge in [0.25, 0.3) is 0 Å². The zero-order chi connectivity index (χ0) is 11.5. The zero-order valence-corrected chi connectivity index (χ0v) is 9.66. The van der Waals surface area contributed by atoms with Crippen molar-refractivity contribution in [3.8, 4) is 0 Å². The molecule has 2 aliphatic rings. The van der Waals surface area contributed by atoms with Gasteiger partial charge in [0.1, 0.15) is 0 Å². The van der Waals surface area contributed by atoms with Crippen LogP contribution in [0.5, 0.6) is 0 Å². The van der Waals surface area contributed by atoms with Crippen molar-refractivity contribution >= 4 is 11.8 Å². The minimum Gasteiger partial charge on any atom is -0.313 e. The highest BCUT2D eigenvalue weighted by Gasteiger charge is 2.34. The Morgan fingerprint density at radius 3 is 2.88 bits per heavy atom. The predicted molar refractivity (Wildman–Crippen MR) is 60.7 cm³/mol. The van der Waals surface area contributed by atoms with Crippen LogP contribution in [0.1, 0.15) is 26.2 Å². The molecule has 0 aromatic heterocycles. The van der Waals surface area contributed by atoms with Gasteiger partial charge >= 0.3 is 0 Å². The number of carbonyl (C=O) groups is 2. The Balaban J connectivity index is 1.88. The SMILES string of the molecule is CC1CC(=O)N(CCC2=CCNCC2)C1=O. The van der Waals surface area contributed by atoms with Gasteiger partial charge in [-0.2, -0.15) is 0 Å². The summed E-state index contributed by atoms with van der Waals surface area (Å²) in [5, 5.41) is 3.24. The summed E-state index contributed by atoms with van der Waals surface area (Å²) in [6, 6.07) is 0. The molecule has 4 nitrogen and oxygen atoms in total. The second-order valence-electron chi connectivity index (χ2n) is 4.56. The number of nitrogens with one attached hydrogen (secondary N) is 1. The van der Waals surface area contributed by atoms with Crippen LogP contribution in [0.4, 0.5) is 0 Å². The average Bonchev–Trinajstić information content (AvgIpc) is 2.53. The fourth-order valence-electron chi connectivity index (χ4n) is 2.24. The van der Waals surface area contributed by atoms with Crippen LogP contribution in [0.3, 0.4) is 0 Å². The Kier molecular flexibility index (Phi) is 3.39. The van der Waals surface area contributed by atoms with E-state index in [9.17, 15) is 9.59 Å². The summed E-state index contributed by atoms with van der Waals surface area (Å²) in [4.78, 5) is 24.6. The summed E-state index contributed by atoms with van der Waals surface area (Å²) in [6.45, 7) is 4.30. The lowest BCUT2D eigenvalue weighted by molar-refractivity contribution is -0.139. The second kappa shape index (κ2) is 4.78. The van der Waals surface area contributed by atoms with Crippen molar-refractivity contribution in [1.82, 2.24) is 10.2 Å². The summed E-state index contributed by atoms with van der Waals surface area (Å²) >= 11 is 0. The maximum absolute atomic E-state index is 11.7. The average molecular weight is 222 g/mol. The third-order valence-electron chi connectivity index (χ3n) is 3.28. The molecule has 1 saturated heterocycles. The molecule has 2 aliphatic heterocycles. The van der Waals surface area contributed by atoms with Crippen LogP contribution in [-0.4, -0.2) is 36.3 Å². The fourth-order valence-corrected chi connectivity index (χ4v) is 2.24. The monoisotopic (exact) mass is 222 g/mol. The van der Waals surface area contributed by atoms with Gasteiger partial charge in [-0.1, -0.05) is 18.6 Å². The Bertz CT molecular complexity index is 336. The highest BCUT2D eigenvalue weighted by molar-refractivity contribution is 6.03. The highest BCUT2D eigenvalue weighted by Crippen LogP contribution is 2.20. The van der Waals surface area contributed by atoms with E-state index in [2.05, 4.69) is 11.4 Å². The summed E-state index contributed by atoms with van der Waals surface area (Å²) in [7, 11) is 0. The number of hydrogen-bond acceptors (Lipinski definition) is 3. The molecule has 1 N–H and O–H groups in total. The number of carbonyl (C=O) groups excluding carboxylic acids is 2. The van der Waals surface area contributed by atoms with Crippen molar-refractivity contribution < 1.29 is 9.59 Å². The van der Waals surface area contributed by atoms with Gasteiger partial charge in [0.05, 0.1) is 0 Å². The van der Waals surface area contributed by atoms with Gasteiger partial charge in [-0.05, 0) is 19.4 Å². The van der Waals surface area contributed by atoms with Crippen molar-refractivity contribution in [2.24, 2.45) is 5.92 Å². The van der Waals surface area contributed by atoms with Gasteiger partial charge in [0.15, 0.2) is 0 Å². The van der Waals surface area contributed by atoms with E-state index in [1.807, 2.05) is 6.92 Å². The molecular weight excluding hydrogens is 204 g/mol. The van der Waals surface area contributed by atoms with Crippen molar-refractivity contribution in [3.05, 3.63) is 11.6 Å². The van der Waals surface area contributed by atoms with Gasteiger partial charge in [0, 0.05) is 25.4 Å². The van der Waals surface area contributed by atoms with Gasteiger partial charge in [0.2, 0.25) is 11.8 Å². The first-order valence-corrected chi connectivity index (χ1v) is 5.91. The summed E-state index contributed by atoms with van der Waals surface area (Å²) < 4.78 is 0. The Morgan fingerprint density at radius 1 is 1.50 bits per heavy atom. The molecular formula is C12H18N2O2. The van der Waals surface area contributed by atoms with Gasteiger partial charge in [-0.15, -0.1) is 0 Å². The van der Waals surface area contributed by atoms with Gasteiger partial charge < -0.3 is 5.32 Å². The lowest BCUT2D eigenvalue weighted by Gasteiger charge is -2.18. The molecule has 2 amide bonds. The molecule has 88 valence electrons. The minimum absolute atomic E-state index is 0.000431. The second-order valence-corrected chi connectivity index (χ2v) is 4.56. The first-order valence-electron chi connectivity index (χ1n) is 5.91. The van der Waals surface area contributed by atoms with Gasteiger partial charge in [-0.25, -0.2) is 0 Å². The molecule has 0 bridgehead atoms. The third-order valence-corrected chi connectivity index (χ3v) is 3.28. The molecule has 4 heteroatoms. The van der Waals surface area contributed by atoms with Crippen LogP contribution in [-0.2, 0) is 9.59 Å². The lowest BCUT2D eigenvalue weighted by atomic mass is 10.1. The Hall–Kier alpha value is -1.16. The molecule has 0 spiro atoms. The normalized spacial score (nSPS) is 26.2. The van der Waals surface area contributed by atoms with Crippen molar-refractivity contribution in [2.45, 2.75) is 26.2 Å². The van der Waals surface area contributed by atoms with E-state index < -0.39 is 0 Å². The topological polar surface area (TPSA) is 49.4 Å². The largest absolute Gasteiger partial charge is 0.313 e. The molecule has 0 aliphatic carbocycles. The molecule has 1 unspecified atom stereocenters. The maximum atomic E-state index is 11.7. The molecule has 0 saturated carbocycles. The van der Waals surface area contributed by atoms with E-state index in [-0.39, 0.29) is 17.7 Å². The van der Waals surface area contributed by atoms with E-state index in [1.165, 1.54) is 10.5 Å². The standard InChI is InChI=1S/C12H18N2O2/c1-9-8-11(15)14(12(9)16)7-4-10-2-5-13-6-3-10/h2,9,13H,3-8H2,1H3. The molecule has 0 aromatic rings. The van der Waals surface area contributed by atoms with E-state index in [4.69, 9.17) is 0 Å². The van der Waals surface area contributed by atoms with E-state index in [0.29, 0.717) is 13.0 Å². The highest BCUT2D eigenvalue weighted by atomic mass is 16.2. The molecule has 2 rings (SSSR count). The predicted octanol–water partition coefficient (Wildman–Crippen LogP) is 0.691. The van der Waals surface area contributed by atoms with Crippen LogP contribution >= 0.6 is 0 Å². The van der Waals surface area contributed by atoms with E-state index >= 15 is 0 Å². The van der Waals surface area contributed by atoms with Crippen LogP contribution < -0.4 is 5.32 Å². The summed E-state index contributed by atoms with van der Waals surface area (Å²) in [5.74, 6) is -0.124. The smallest absolute Gasteiger partial charge is 0.232 e. The van der Waals surface area contributed by atoms with Crippen molar-refractivity contribution in [1.29, 1.82) is 0 Å².